The maximum Gasteiger partial charge on any atom is 0.243 e. The molecule has 0 saturated carbocycles. The number of halogens is 1. The summed E-state index contributed by atoms with van der Waals surface area (Å²) in [4.78, 5) is 17.9. The van der Waals surface area contributed by atoms with Gasteiger partial charge in [-0.2, -0.15) is 5.10 Å². The second-order valence-corrected chi connectivity index (χ2v) is 9.48. The molecule has 3 heterocycles. The maximum atomic E-state index is 13.3. The van der Waals surface area contributed by atoms with Crippen molar-refractivity contribution in [3.8, 4) is 16.9 Å². The molecule has 1 unspecified atom stereocenters. The molecule has 8 nitrogen and oxygen atoms in total. The molecule has 0 saturated heterocycles. The molecule has 196 valence electrons. The van der Waals surface area contributed by atoms with E-state index in [1.165, 1.54) is 5.01 Å². The van der Waals surface area contributed by atoms with Gasteiger partial charge >= 0.3 is 0 Å². The van der Waals surface area contributed by atoms with E-state index in [-0.39, 0.29) is 18.7 Å². The highest BCUT2D eigenvalue weighted by Gasteiger charge is 2.34. The van der Waals surface area contributed by atoms with Crippen LogP contribution in [0.15, 0.2) is 76.6 Å². The van der Waals surface area contributed by atoms with Crippen LogP contribution in [0.3, 0.4) is 0 Å². The van der Waals surface area contributed by atoms with Gasteiger partial charge in [-0.1, -0.05) is 35.9 Å². The third kappa shape index (κ3) is 5.57. The number of carbonyl (C=O) groups is 1. The van der Waals surface area contributed by atoms with E-state index >= 15 is 0 Å². The van der Waals surface area contributed by atoms with Crippen molar-refractivity contribution >= 4 is 34.1 Å². The van der Waals surface area contributed by atoms with Crippen LogP contribution >= 0.6 is 11.6 Å². The molecule has 0 radical (unpaired) electrons. The Labute approximate surface area is 225 Å². The number of hydrogen-bond acceptors (Lipinski definition) is 7. The molecule has 5 rings (SSSR count). The Balaban J connectivity index is 1.46. The van der Waals surface area contributed by atoms with Crippen molar-refractivity contribution < 1.29 is 24.2 Å². The number of furan rings is 1. The van der Waals surface area contributed by atoms with E-state index in [1.807, 2.05) is 61.5 Å². The van der Waals surface area contributed by atoms with E-state index in [4.69, 9.17) is 25.9 Å². The fourth-order valence-electron chi connectivity index (χ4n) is 4.62. The Morgan fingerprint density at radius 1 is 1.13 bits per heavy atom. The van der Waals surface area contributed by atoms with Gasteiger partial charge in [0.25, 0.3) is 0 Å². The number of nitrogens with zero attached hydrogens (tertiary/aromatic N) is 3. The molecule has 4 aromatic rings. The molecule has 2 aromatic heterocycles. The van der Waals surface area contributed by atoms with E-state index in [2.05, 4.69) is 4.98 Å². The Kier molecular flexibility index (Phi) is 7.74. The molecule has 2 aromatic carbocycles. The van der Waals surface area contributed by atoms with E-state index in [9.17, 15) is 15.0 Å². The second-order valence-electron chi connectivity index (χ2n) is 9.12. The van der Waals surface area contributed by atoms with E-state index in [1.54, 1.807) is 12.5 Å². The number of fused-ring (bicyclic) bond motifs is 1. The highest BCUT2D eigenvalue weighted by atomic mass is 35.5. The number of benzene rings is 2. The van der Waals surface area contributed by atoms with Crippen molar-refractivity contribution in [2.24, 2.45) is 5.10 Å². The molecule has 1 atom stereocenters. The van der Waals surface area contributed by atoms with Gasteiger partial charge in [-0.25, -0.2) is 9.99 Å². The molecule has 0 bridgehead atoms. The van der Waals surface area contributed by atoms with Gasteiger partial charge in [0.1, 0.15) is 10.9 Å². The second kappa shape index (κ2) is 11.3. The quantitative estimate of drug-likeness (QED) is 0.211. The van der Waals surface area contributed by atoms with E-state index < -0.39 is 12.3 Å². The number of hydrazone groups is 1. The lowest BCUT2D eigenvalue weighted by atomic mass is 9.97. The summed E-state index contributed by atoms with van der Waals surface area (Å²) in [5.74, 6) is 0.494. The zero-order valence-corrected chi connectivity index (χ0v) is 21.6. The normalized spacial score (nSPS) is 15.3. The number of hydrogen-bond donors (Lipinski definition) is 2. The van der Waals surface area contributed by atoms with Gasteiger partial charge in [-0.05, 0) is 55.2 Å². The first-order chi connectivity index (χ1) is 18.4. The van der Waals surface area contributed by atoms with Crippen LogP contribution in [0.5, 0.6) is 5.75 Å². The Hall–Kier alpha value is -3.72. The lowest BCUT2D eigenvalue weighted by molar-refractivity contribution is -0.133. The number of aliphatic hydroxyl groups is 2. The minimum Gasteiger partial charge on any atom is -0.494 e. The van der Waals surface area contributed by atoms with Crippen molar-refractivity contribution in [2.45, 2.75) is 44.9 Å². The monoisotopic (exact) mass is 533 g/mol. The largest absolute Gasteiger partial charge is 0.494 e. The topological polar surface area (TPSA) is 108 Å². The van der Waals surface area contributed by atoms with Gasteiger partial charge in [0, 0.05) is 35.4 Å². The first-order valence-corrected chi connectivity index (χ1v) is 12.9. The molecular weight excluding hydrogens is 506 g/mol. The van der Waals surface area contributed by atoms with Crippen molar-refractivity contribution in [2.75, 3.05) is 6.61 Å². The number of amides is 1. The van der Waals surface area contributed by atoms with Gasteiger partial charge in [-0.15, -0.1) is 0 Å². The molecular formula is C29H28ClN3O5. The highest BCUT2D eigenvalue weighted by molar-refractivity contribution is 6.30. The fraction of sp³-hybridized carbons (Fsp3) is 0.276. The highest BCUT2D eigenvalue weighted by Crippen LogP contribution is 2.38. The molecule has 1 amide bonds. The molecule has 0 fully saturated rings. The van der Waals surface area contributed by atoms with Crippen LogP contribution in [-0.2, 0) is 4.79 Å². The summed E-state index contributed by atoms with van der Waals surface area (Å²) in [5, 5.41) is 25.7. The van der Waals surface area contributed by atoms with Gasteiger partial charge in [0.2, 0.25) is 5.91 Å². The van der Waals surface area contributed by atoms with E-state index in [0.717, 1.165) is 27.8 Å². The zero-order chi connectivity index (χ0) is 26.6. The summed E-state index contributed by atoms with van der Waals surface area (Å²) in [5.41, 5.74) is 5.05. The maximum absolute atomic E-state index is 13.3. The predicted octanol–water partition coefficient (Wildman–Crippen LogP) is 5.71. The van der Waals surface area contributed by atoms with Crippen LogP contribution in [0, 0.1) is 0 Å². The number of ether oxygens (including phenoxy) is 1. The van der Waals surface area contributed by atoms with Gasteiger partial charge < -0.3 is 19.4 Å². The first-order valence-electron chi connectivity index (χ1n) is 12.5. The Bertz CT molecular complexity index is 1450. The van der Waals surface area contributed by atoms with Crippen molar-refractivity contribution in [1.29, 1.82) is 0 Å². The van der Waals surface area contributed by atoms with Crippen LogP contribution < -0.4 is 4.74 Å². The summed E-state index contributed by atoms with van der Waals surface area (Å²) in [6.45, 7) is 2.47. The number of aliphatic hydroxyl groups excluding tert-OH is 1. The molecule has 1 aliphatic heterocycles. The van der Waals surface area contributed by atoms with Crippen LogP contribution in [0.2, 0.25) is 5.15 Å². The van der Waals surface area contributed by atoms with Crippen molar-refractivity contribution in [1.82, 2.24) is 9.99 Å². The number of aromatic nitrogens is 1. The van der Waals surface area contributed by atoms with Crippen LogP contribution in [0.4, 0.5) is 0 Å². The lowest BCUT2D eigenvalue weighted by Crippen LogP contribution is -2.27. The van der Waals surface area contributed by atoms with Crippen LogP contribution in [-0.4, -0.2) is 44.7 Å². The number of carbonyl (C=O) groups excluding carboxylic acids is 1. The van der Waals surface area contributed by atoms with Crippen molar-refractivity contribution in [3.05, 3.63) is 83.4 Å². The summed E-state index contributed by atoms with van der Waals surface area (Å²) in [6, 6.07) is 17.0. The average molecular weight is 534 g/mol. The predicted molar refractivity (Wildman–Crippen MR) is 145 cm³/mol. The van der Waals surface area contributed by atoms with Gasteiger partial charge in [0.15, 0.2) is 6.29 Å². The number of rotatable bonds is 9. The molecule has 9 heteroatoms. The Morgan fingerprint density at radius 2 is 1.92 bits per heavy atom. The smallest absolute Gasteiger partial charge is 0.243 e. The molecule has 38 heavy (non-hydrogen) atoms. The van der Waals surface area contributed by atoms with Gasteiger partial charge in [0.05, 0.1) is 36.4 Å². The number of pyridine rings is 1. The minimum atomic E-state index is -1.45. The fourth-order valence-corrected chi connectivity index (χ4v) is 4.89. The summed E-state index contributed by atoms with van der Waals surface area (Å²) < 4.78 is 10.8. The van der Waals surface area contributed by atoms with Crippen molar-refractivity contribution in [3.63, 3.8) is 0 Å². The van der Waals surface area contributed by atoms with Crippen LogP contribution in [0.25, 0.3) is 22.0 Å². The summed E-state index contributed by atoms with van der Waals surface area (Å²) in [6.07, 6.45) is 2.89. The third-order valence-corrected chi connectivity index (χ3v) is 6.83. The van der Waals surface area contributed by atoms with Gasteiger partial charge in [-0.3, -0.25) is 4.79 Å². The molecule has 2 N–H and O–H groups in total. The van der Waals surface area contributed by atoms with E-state index in [0.29, 0.717) is 41.4 Å². The average Bonchev–Trinajstić information content (AvgIpc) is 3.59. The Morgan fingerprint density at radius 3 is 2.63 bits per heavy atom. The lowest BCUT2D eigenvalue weighted by Gasteiger charge is -2.23. The third-order valence-electron chi connectivity index (χ3n) is 6.53. The standard InChI is InChI=1S/C29H28ClN3O5/c1-2-38-22-11-10-20-14-23(29(30)31-24(20)15-22)26-16-25(32-33(26)27(34)4-3-5-28(35)36)19-8-6-18(7-9-19)21-12-13-37-17-21/h6-15,17,26,28,35-36H,2-5,16H2,1H3. The molecule has 0 spiro atoms. The molecule has 1 aliphatic rings. The minimum absolute atomic E-state index is 0.108. The SMILES string of the molecule is CCOc1ccc2cc(C3CC(c4ccc(-c5ccoc5)cc4)=NN3C(=O)CCCC(O)O)c(Cl)nc2c1. The summed E-state index contributed by atoms with van der Waals surface area (Å²) >= 11 is 6.68. The zero-order valence-electron chi connectivity index (χ0n) is 20.9. The summed E-state index contributed by atoms with van der Waals surface area (Å²) in [7, 11) is 0. The molecule has 0 aliphatic carbocycles. The first kappa shape index (κ1) is 25.9. The van der Waals surface area contributed by atoms with Crippen LogP contribution in [0.1, 0.15) is 49.8 Å².